The molecule has 0 bridgehead atoms. The summed E-state index contributed by atoms with van der Waals surface area (Å²) < 4.78 is 1.76. The normalized spacial score (nSPS) is 21.5. The summed E-state index contributed by atoms with van der Waals surface area (Å²) in [6.45, 7) is 2.21. The van der Waals surface area contributed by atoms with E-state index >= 15 is 0 Å². The first-order valence-corrected chi connectivity index (χ1v) is 9.39. The number of hydrogen-bond acceptors (Lipinski definition) is 4. The molecule has 1 aromatic heterocycles. The summed E-state index contributed by atoms with van der Waals surface area (Å²) in [5.74, 6) is 0.557. The molecule has 3 heterocycles. The van der Waals surface area contributed by atoms with Gasteiger partial charge in [-0.2, -0.15) is 0 Å². The van der Waals surface area contributed by atoms with Gasteiger partial charge in [-0.15, -0.1) is 0 Å². The van der Waals surface area contributed by atoms with Crippen LogP contribution >= 0.6 is 0 Å². The molecule has 0 aromatic carbocycles. The Morgan fingerprint density at radius 3 is 2.81 bits per heavy atom. The largest absolute Gasteiger partial charge is 0.368 e. The van der Waals surface area contributed by atoms with Crippen LogP contribution in [-0.4, -0.2) is 63.3 Å². The van der Waals surface area contributed by atoms with E-state index in [1.54, 1.807) is 21.9 Å². The number of piperidine rings is 1. The van der Waals surface area contributed by atoms with Gasteiger partial charge in [-0.3, -0.25) is 14.4 Å². The average Bonchev–Trinajstić information content (AvgIpc) is 2.98. The number of amides is 3. The topological polar surface area (TPSA) is 102 Å². The van der Waals surface area contributed by atoms with Gasteiger partial charge in [0.15, 0.2) is 0 Å². The smallest absolute Gasteiger partial charge is 0.242 e. The zero-order chi connectivity index (χ0) is 18.5. The van der Waals surface area contributed by atoms with Gasteiger partial charge < -0.3 is 20.1 Å². The number of imidazole rings is 1. The lowest BCUT2D eigenvalue weighted by atomic mass is 9.97. The molecule has 8 heteroatoms. The van der Waals surface area contributed by atoms with Crippen molar-refractivity contribution in [2.75, 3.05) is 26.2 Å². The van der Waals surface area contributed by atoms with Crippen LogP contribution in [0.25, 0.3) is 0 Å². The monoisotopic (exact) mass is 361 g/mol. The summed E-state index contributed by atoms with van der Waals surface area (Å²) >= 11 is 0. The number of carbonyl (C=O) groups is 3. The van der Waals surface area contributed by atoms with Crippen molar-refractivity contribution in [3.05, 3.63) is 18.2 Å². The minimum atomic E-state index is -0.410. The van der Waals surface area contributed by atoms with E-state index in [0.29, 0.717) is 26.1 Å². The average molecular weight is 361 g/mol. The van der Waals surface area contributed by atoms with Crippen LogP contribution in [0, 0.1) is 0 Å². The van der Waals surface area contributed by atoms with Gasteiger partial charge in [-0.25, -0.2) is 4.98 Å². The predicted octanol–water partition coefficient (Wildman–Crippen LogP) is 0.477. The van der Waals surface area contributed by atoms with Crippen molar-refractivity contribution in [3.8, 4) is 0 Å². The summed E-state index contributed by atoms with van der Waals surface area (Å²) in [7, 11) is 0. The maximum absolute atomic E-state index is 12.7. The van der Waals surface area contributed by atoms with Gasteiger partial charge in [0.1, 0.15) is 12.4 Å². The van der Waals surface area contributed by atoms with Crippen molar-refractivity contribution in [1.82, 2.24) is 19.4 Å². The van der Waals surface area contributed by atoms with Crippen molar-refractivity contribution in [1.29, 1.82) is 0 Å². The fraction of sp³-hybridized carbons (Fsp3) is 0.667. The Bertz CT molecular complexity index is 672. The molecule has 0 aliphatic carbocycles. The van der Waals surface area contributed by atoms with Crippen molar-refractivity contribution in [2.45, 2.75) is 51.0 Å². The maximum Gasteiger partial charge on any atom is 0.242 e. The summed E-state index contributed by atoms with van der Waals surface area (Å²) in [5.41, 5.74) is 5.30. The van der Waals surface area contributed by atoms with E-state index in [-0.39, 0.29) is 30.8 Å². The van der Waals surface area contributed by atoms with Crippen LogP contribution in [0.3, 0.4) is 0 Å². The van der Waals surface area contributed by atoms with Gasteiger partial charge in [0.2, 0.25) is 17.7 Å². The zero-order valence-electron chi connectivity index (χ0n) is 15.1. The van der Waals surface area contributed by atoms with Crippen molar-refractivity contribution < 1.29 is 14.4 Å². The fourth-order valence-corrected chi connectivity index (χ4v) is 3.87. The minimum Gasteiger partial charge on any atom is -0.368 e. The Morgan fingerprint density at radius 2 is 2.00 bits per heavy atom. The quantitative estimate of drug-likeness (QED) is 0.824. The van der Waals surface area contributed by atoms with Crippen LogP contribution in [0.15, 0.2) is 12.4 Å². The van der Waals surface area contributed by atoms with E-state index in [0.717, 1.165) is 37.9 Å². The Labute approximate surface area is 153 Å². The molecule has 0 unspecified atom stereocenters. The van der Waals surface area contributed by atoms with E-state index in [2.05, 4.69) is 4.98 Å². The van der Waals surface area contributed by atoms with E-state index in [1.807, 2.05) is 4.90 Å². The molecule has 0 radical (unpaired) electrons. The molecule has 1 atom stereocenters. The fourth-order valence-electron chi connectivity index (χ4n) is 3.87. The van der Waals surface area contributed by atoms with Gasteiger partial charge in [0.25, 0.3) is 0 Å². The molecule has 3 amide bonds. The van der Waals surface area contributed by atoms with E-state index in [4.69, 9.17) is 5.73 Å². The number of primary amides is 1. The standard InChI is InChI=1S/C18H27N5O3/c19-15(24)12-23-10-7-20-18(23)14-5-4-9-21(11-14)17(26)13-22-8-3-1-2-6-16(22)25/h7,10,14H,1-6,8-9,11-13H2,(H2,19,24)/t14-/m1/s1. The Morgan fingerprint density at radius 1 is 1.15 bits per heavy atom. The van der Waals surface area contributed by atoms with Gasteiger partial charge >= 0.3 is 0 Å². The van der Waals surface area contributed by atoms with E-state index in [1.165, 1.54) is 0 Å². The molecule has 2 saturated heterocycles. The lowest BCUT2D eigenvalue weighted by Gasteiger charge is -2.34. The van der Waals surface area contributed by atoms with E-state index < -0.39 is 5.91 Å². The van der Waals surface area contributed by atoms with Crippen molar-refractivity contribution in [2.24, 2.45) is 5.73 Å². The highest BCUT2D eigenvalue weighted by molar-refractivity contribution is 5.85. The highest BCUT2D eigenvalue weighted by Crippen LogP contribution is 2.26. The molecule has 0 spiro atoms. The highest BCUT2D eigenvalue weighted by Gasteiger charge is 2.29. The van der Waals surface area contributed by atoms with E-state index in [9.17, 15) is 14.4 Å². The number of aromatic nitrogens is 2. The third-order valence-corrected chi connectivity index (χ3v) is 5.21. The molecule has 2 fully saturated rings. The van der Waals surface area contributed by atoms with Gasteiger partial charge in [0, 0.05) is 44.4 Å². The van der Waals surface area contributed by atoms with Crippen molar-refractivity contribution in [3.63, 3.8) is 0 Å². The van der Waals surface area contributed by atoms with Gasteiger partial charge in [0.05, 0.1) is 6.54 Å². The first-order valence-electron chi connectivity index (χ1n) is 9.39. The third-order valence-electron chi connectivity index (χ3n) is 5.21. The summed E-state index contributed by atoms with van der Waals surface area (Å²) in [4.78, 5) is 44.0. The molecule has 142 valence electrons. The van der Waals surface area contributed by atoms with Crippen LogP contribution in [0.5, 0.6) is 0 Å². The van der Waals surface area contributed by atoms with Crippen LogP contribution in [0.1, 0.15) is 50.3 Å². The molecule has 2 aliphatic heterocycles. The first kappa shape index (κ1) is 18.4. The second kappa shape index (κ2) is 8.33. The molecule has 2 aliphatic rings. The Balaban J connectivity index is 1.62. The minimum absolute atomic E-state index is 0.00189. The van der Waals surface area contributed by atoms with Gasteiger partial charge in [-0.1, -0.05) is 6.42 Å². The number of carbonyl (C=O) groups excluding carboxylic acids is 3. The van der Waals surface area contributed by atoms with Crippen molar-refractivity contribution >= 4 is 17.7 Å². The molecule has 2 N–H and O–H groups in total. The van der Waals surface area contributed by atoms with Crippen LogP contribution in [0.4, 0.5) is 0 Å². The summed E-state index contributed by atoms with van der Waals surface area (Å²) in [6, 6.07) is 0. The second-order valence-electron chi connectivity index (χ2n) is 7.18. The summed E-state index contributed by atoms with van der Waals surface area (Å²) in [5, 5.41) is 0. The number of rotatable bonds is 5. The molecular formula is C18H27N5O3. The molecule has 3 rings (SSSR count). The Hall–Kier alpha value is -2.38. The SMILES string of the molecule is NC(=O)Cn1ccnc1[C@@H]1CCCN(C(=O)CN2CCCCCC2=O)C1. The first-order chi connectivity index (χ1) is 12.5. The van der Waals surface area contributed by atoms with Crippen LogP contribution in [0.2, 0.25) is 0 Å². The van der Waals surface area contributed by atoms with Crippen LogP contribution in [-0.2, 0) is 20.9 Å². The lowest BCUT2D eigenvalue weighted by molar-refractivity contribution is -0.140. The number of nitrogens with zero attached hydrogens (tertiary/aromatic N) is 4. The second-order valence-corrected chi connectivity index (χ2v) is 7.18. The number of hydrogen-bond donors (Lipinski definition) is 1. The maximum atomic E-state index is 12.7. The zero-order valence-corrected chi connectivity index (χ0v) is 15.1. The van der Waals surface area contributed by atoms with Crippen LogP contribution < -0.4 is 5.73 Å². The molecule has 26 heavy (non-hydrogen) atoms. The Kier molecular flexibility index (Phi) is 5.90. The molecular weight excluding hydrogens is 334 g/mol. The number of nitrogens with two attached hydrogens (primary N) is 1. The third kappa shape index (κ3) is 4.42. The summed E-state index contributed by atoms with van der Waals surface area (Å²) in [6.07, 6.45) is 8.68. The molecule has 0 saturated carbocycles. The highest BCUT2D eigenvalue weighted by atomic mass is 16.2. The predicted molar refractivity (Wildman–Crippen MR) is 95.0 cm³/mol. The lowest BCUT2D eigenvalue weighted by Crippen LogP contribution is -2.46. The van der Waals surface area contributed by atoms with Gasteiger partial charge in [-0.05, 0) is 25.7 Å². The molecule has 8 nitrogen and oxygen atoms in total. The molecule has 1 aromatic rings. The number of likely N-dealkylation sites (tertiary alicyclic amines) is 2.